The molecule has 0 amide bonds. The van der Waals surface area contributed by atoms with Crippen LogP contribution in [0.2, 0.25) is 0 Å². The monoisotopic (exact) mass is 281 g/mol. The molecule has 2 rings (SSSR count). The van der Waals surface area contributed by atoms with Crippen molar-refractivity contribution in [2.45, 2.75) is 13.0 Å². The van der Waals surface area contributed by atoms with Crippen LogP contribution in [-0.4, -0.2) is 18.3 Å². The van der Waals surface area contributed by atoms with Crippen molar-refractivity contribution >= 4 is 0 Å². The Bertz CT molecular complexity index is 624. The minimum Gasteiger partial charge on any atom is -0.489 e. The first-order valence-corrected chi connectivity index (χ1v) is 6.92. The van der Waals surface area contributed by atoms with Gasteiger partial charge in [-0.25, -0.2) is 0 Å². The SMILES string of the molecule is NCC#Cc1cccc(COc2ccc(CCO)cc2)c1. The standard InChI is InChI=1S/C18H19NO2/c19-11-2-5-16-3-1-4-17(13-16)14-21-18-8-6-15(7-9-18)10-12-20/h1,3-4,6-9,13,20H,10-12,14,19H2. The number of hydrogen-bond acceptors (Lipinski definition) is 3. The molecular formula is C18H19NO2. The molecule has 2 aromatic carbocycles. The van der Waals surface area contributed by atoms with Crippen LogP contribution in [0.15, 0.2) is 48.5 Å². The predicted molar refractivity (Wildman–Crippen MR) is 83.9 cm³/mol. The van der Waals surface area contributed by atoms with Crippen LogP contribution in [0.5, 0.6) is 5.75 Å². The van der Waals surface area contributed by atoms with Gasteiger partial charge >= 0.3 is 0 Å². The van der Waals surface area contributed by atoms with E-state index in [1.165, 1.54) is 0 Å². The Kier molecular flexibility index (Phi) is 5.83. The van der Waals surface area contributed by atoms with Gasteiger partial charge in [-0.15, -0.1) is 0 Å². The summed E-state index contributed by atoms with van der Waals surface area (Å²) in [5.41, 5.74) is 8.48. The van der Waals surface area contributed by atoms with Gasteiger partial charge in [-0.05, 0) is 41.8 Å². The molecule has 0 aromatic heterocycles. The van der Waals surface area contributed by atoms with Crippen molar-refractivity contribution in [3.8, 4) is 17.6 Å². The van der Waals surface area contributed by atoms with Crippen molar-refractivity contribution in [1.82, 2.24) is 0 Å². The molecule has 3 heteroatoms. The zero-order chi connectivity index (χ0) is 14.9. The second kappa shape index (κ2) is 8.11. The third-order valence-corrected chi connectivity index (χ3v) is 2.99. The molecule has 21 heavy (non-hydrogen) atoms. The molecule has 0 aliphatic heterocycles. The smallest absolute Gasteiger partial charge is 0.119 e. The molecule has 0 saturated heterocycles. The number of rotatable bonds is 5. The normalized spacial score (nSPS) is 9.81. The van der Waals surface area contributed by atoms with Crippen LogP contribution in [-0.2, 0) is 13.0 Å². The van der Waals surface area contributed by atoms with Crippen LogP contribution in [0.25, 0.3) is 0 Å². The fraction of sp³-hybridized carbons (Fsp3) is 0.222. The lowest BCUT2D eigenvalue weighted by Gasteiger charge is -2.07. The van der Waals surface area contributed by atoms with Crippen LogP contribution in [0.3, 0.4) is 0 Å². The summed E-state index contributed by atoms with van der Waals surface area (Å²) >= 11 is 0. The lowest BCUT2D eigenvalue weighted by atomic mass is 10.1. The molecule has 0 radical (unpaired) electrons. The minimum atomic E-state index is 0.164. The largest absolute Gasteiger partial charge is 0.489 e. The van der Waals surface area contributed by atoms with Crippen LogP contribution < -0.4 is 10.5 Å². The number of ether oxygens (including phenoxy) is 1. The molecule has 0 spiro atoms. The van der Waals surface area contributed by atoms with Gasteiger partial charge in [0, 0.05) is 12.2 Å². The third kappa shape index (κ3) is 4.96. The molecule has 0 atom stereocenters. The first-order valence-electron chi connectivity index (χ1n) is 6.92. The van der Waals surface area contributed by atoms with E-state index < -0.39 is 0 Å². The summed E-state index contributed by atoms with van der Waals surface area (Å²) < 4.78 is 5.75. The van der Waals surface area contributed by atoms with Crippen molar-refractivity contribution in [3.63, 3.8) is 0 Å². The Labute approximate surface area is 125 Å². The molecule has 108 valence electrons. The molecule has 3 N–H and O–H groups in total. The van der Waals surface area contributed by atoms with Crippen molar-refractivity contribution in [3.05, 3.63) is 65.2 Å². The van der Waals surface area contributed by atoms with Gasteiger partial charge in [-0.1, -0.05) is 36.1 Å². The van der Waals surface area contributed by atoms with E-state index in [0.29, 0.717) is 19.6 Å². The minimum absolute atomic E-state index is 0.164. The predicted octanol–water partition coefficient (Wildman–Crippen LogP) is 2.11. The first kappa shape index (κ1) is 15.1. The summed E-state index contributed by atoms with van der Waals surface area (Å²) in [6.45, 7) is 1.02. The molecule has 0 aliphatic carbocycles. The maximum absolute atomic E-state index is 8.88. The van der Waals surface area contributed by atoms with E-state index in [2.05, 4.69) is 11.8 Å². The van der Waals surface area contributed by atoms with Gasteiger partial charge in [0.05, 0.1) is 6.54 Å². The Balaban J connectivity index is 1.96. The maximum Gasteiger partial charge on any atom is 0.119 e. The molecule has 0 fully saturated rings. The lowest BCUT2D eigenvalue weighted by molar-refractivity contribution is 0.298. The highest BCUT2D eigenvalue weighted by Crippen LogP contribution is 2.15. The Morgan fingerprint density at radius 3 is 2.57 bits per heavy atom. The molecule has 0 aliphatic rings. The third-order valence-electron chi connectivity index (χ3n) is 2.99. The number of hydrogen-bond donors (Lipinski definition) is 2. The highest BCUT2D eigenvalue weighted by molar-refractivity contribution is 5.37. The molecule has 3 nitrogen and oxygen atoms in total. The van der Waals surface area contributed by atoms with Gasteiger partial charge in [0.2, 0.25) is 0 Å². The van der Waals surface area contributed by atoms with Gasteiger partial charge < -0.3 is 15.6 Å². The molecule has 0 unspecified atom stereocenters. The van der Waals surface area contributed by atoms with Crippen molar-refractivity contribution in [2.24, 2.45) is 5.73 Å². The van der Waals surface area contributed by atoms with Crippen LogP contribution in [0.4, 0.5) is 0 Å². The van der Waals surface area contributed by atoms with E-state index in [1.807, 2.05) is 48.5 Å². The summed E-state index contributed by atoms with van der Waals surface area (Å²) in [5.74, 6) is 6.67. The highest BCUT2D eigenvalue weighted by atomic mass is 16.5. The van der Waals surface area contributed by atoms with E-state index in [4.69, 9.17) is 15.6 Å². The average molecular weight is 281 g/mol. The number of aliphatic hydroxyl groups is 1. The quantitative estimate of drug-likeness (QED) is 0.825. The van der Waals surface area contributed by atoms with Crippen LogP contribution in [0.1, 0.15) is 16.7 Å². The van der Waals surface area contributed by atoms with E-state index >= 15 is 0 Å². The Morgan fingerprint density at radius 1 is 1.05 bits per heavy atom. The van der Waals surface area contributed by atoms with Gasteiger partial charge in [0.25, 0.3) is 0 Å². The Hall–Kier alpha value is -2.28. The fourth-order valence-electron chi connectivity index (χ4n) is 1.94. The number of aliphatic hydroxyl groups excluding tert-OH is 1. The molecule has 0 saturated carbocycles. The fourth-order valence-corrected chi connectivity index (χ4v) is 1.94. The second-order valence-electron chi connectivity index (χ2n) is 4.61. The summed E-state index contributed by atoms with van der Waals surface area (Å²) in [5, 5.41) is 8.88. The molecule has 0 bridgehead atoms. The molecule has 2 aromatic rings. The molecular weight excluding hydrogens is 262 g/mol. The first-order chi connectivity index (χ1) is 10.3. The molecule has 0 heterocycles. The maximum atomic E-state index is 8.88. The topological polar surface area (TPSA) is 55.5 Å². The van der Waals surface area contributed by atoms with Gasteiger partial charge in [-0.3, -0.25) is 0 Å². The number of nitrogens with two attached hydrogens (primary N) is 1. The van der Waals surface area contributed by atoms with Crippen LogP contribution in [0, 0.1) is 11.8 Å². The zero-order valence-corrected chi connectivity index (χ0v) is 11.9. The van der Waals surface area contributed by atoms with Crippen molar-refractivity contribution in [2.75, 3.05) is 13.2 Å². The summed E-state index contributed by atoms with van der Waals surface area (Å²) in [7, 11) is 0. The second-order valence-corrected chi connectivity index (χ2v) is 4.61. The summed E-state index contributed by atoms with van der Waals surface area (Å²) in [6.07, 6.45) is 0.669. The highest BCUT2D eigenvalue weighted by Gasteiger charge is 1.98. The van der Waals surface area contributed by atoms with E-state index in [0.717, 1.165) is 22.4 Å². The Morgan fingerprint density at radius 2 is 1.86 bits per heavy atom. The van der Waals surface area contributed by atoms with Crippen molar-refractivity contribution in [1.29, 1.82) is 0 Å². The van der Waals surface area contributed by atoms with Gasteiger partial charge in [0.15, 0.2) is 0 Å². The van der Waals surface area contributed by atoms with Gasteiger partial charge in [-0.2, -0.15) is 0 Å². The number of benzene rings is 2. The summed E-state index contributed by atoms with van der Waals surface area (Å²) in [4.78, 5) is 0. The lowest BCUT2D eigenvalue weighted by Crippen LogP contribution is -1.97. The summed E-state index contributed by atoms with van der Waals surface area (Å²) in [6, 6.07) is 15.7. The van der Waals surface area contributed by atoms with Gasteiger partial charge in [0.1, 0.15) is 12.4 Å². The average Bonchev–Trinajstić information content (AvgIpc) is 2.53. The van der Waals surface area contributed by atoms with E-state index in [1.54, 1.807) is 0 Å². The zero-order valence-electron chi connectivity index (χ0n) is 11.9. The van der Waals surface area contributed by atoms with Crippen LogP contribution >= 0.6 is 0 Å². The van der Waals surface area contributed by atoms with E-state index in [9.17, 15) is 0 Å². The van der Waals surface area contributed by atoms with E-state index in [-0.39, 0.29) is 6.61 Å². The van der Waals surface area contributed by atoms with Crippen molar-refractivity contribution < 1.29 is 9.84 Å².